The molecule has 1 N–H and O–H groups in total. The maximum Gasteiger partial charge on any atom is 0.329 e. The van der Waals surface area contributed by atoms with Gasteiger partial charge in [-0.25, -0.2) is 13.2 Å². The van der Waals surface area contributed by atoms with Crippen LogP contribution in [0.15, 0.2) is 52.2 Å². The van der Waals surface area contributed by atoms with Crippen LogP contribution in [-0.2, 0) is 27.9 Å². The fourth-order valence-corrected chi connectivity index (χ4v) is 6.00. The third-order valence-corrected chi connectivity index (χ3v) is 8.29. The molecule has 0 radical (unpaired) electrons. The molecule has 0 atom stereocenters. The first-order valence-corrected chi connectivity index (χ1v) is 13.3. The van der Waals surface area contributed by atoms with E-state index < -0.39 is 10.0 Å². The van der Waals surface area contributed by atoms with Crippen molar-refractivity contribution in [2.45, 2.75) is 50.7 Å². The number of carbonyl (C=O) groups excluding carboxylic acids is 1. The topological polar surface area (TPSA) is 96.6 Å². The van der Waals surface area contributed by atoms with Crippen molar-refractivity contribution in [1.29, 1.82) is 0 Å². The third-order valence-electron chi connectivity index (χ3n) is 6.40. The van der Waals surface area contributed by atoms with E-state index in [2.05, 4.69) is 5.32 Å². The summed E-state index contributed by atoms with van der Waals surface area (Å²) in [7, 11) is 0.274. The monoisotopic (exact) mass is 499 g/mol. The maximum atomic E-state index is 13.2. The predicted molar refractivity (Wildman–Crippen MR) is 137 cm³/mol. The number of nitrogens with zero attached hydrogens (tertiary/aromatic N) is 4. The summed E-state index contributed by atoms with van der Waals surface area (Å²) in [5.41, 5.74) is 2.72. The van der Waals surface area contributed by atoms with E-state index in [0.717, 1.165) is 24.1 Å². The molecule has 10 heteroatoms. The van der Waals surface area contributed by atoms with Gasteiger partial charge < -0.3 is 10.2 Å². The normalized spacial score (nSPS) is 14.7. The highest BCUT2D eigenvalue weighted by molar-refractivity contribution is 7.89. The number of imidazole rings is 1. The van der Waals surface area contributed by atoms with Crippen molar-refractivity contribution in [1.82, 2.24) is 18.8 Å². The summed E-state index contributed by atoms with van der Waals surface area (Å²) in [6.45, 7) is 4.90. The lowest BCUT2D eigenvalue weighted by molar-refractivity contribution is -0.121. The molecule has 1 fully saturated rings. The van der Waals surface area contributed by atoms with Gasteiger partial charge in [0.25, 0.3) is 0 Å². The minimum atomic E-state index is -3.65. The van der Waals surface area contributed by atoms with E-state index in [1.54, 1.807) is 16.7 Å². The molecule has 9 nitrogen and oxygen atoms in total. The van der Waals surface area contributed by atoms with Crippen molar-refractivity contribution < 1.29 is 13.2 Å². The smallest absolute Gasteiger partial charge is 0.329 e. The predicted octanol–water partition coefficient (Wildman–Crippen LogP) is 2.55. The summed E-state index contributed by atoms with van der Waals surface area (Å²) >= 11 is 0. The summed E-state index contributed by atoms with van der Waals surface area (Å²) in [6, 6.07) is 12.4. The van der Waals surface area contributed by atoms with Crippen LogP contribution in [0, 0.1) is 0 Å². The van der Waals surface area contributed by atoms with Gasteiger partial charge in [-0.15, -0.1) is 0 Å². The van der Waals surface area contributed by atoms with E-state index >= 15 is 0 Å². The molecule has 0 saturated carbocycles. The minimum absolute atomic E-state index is 0.142. The van der Waals surface area contributed by atoms with Gasteiger partial charge in [0.15, 0.2) is 0 Å². The van der Waals surface area contributed by atoms with Crippen molar-refractivity contribution in [2.75, 3.05) is 32.1 Å². The number of hydrogen-bond donors (Lipinski definition) is 1. The number of rotatable bonds is 8. The van der Waals surface area contributed by atoms with Gasteiger partial charge in [0.05, 0.1) is 15.9 Å². The molecule has 0 spiro atoms. The van der Waals surface area contributed by atoms with Crippen LogP contribution in [0.3, 0.4) is 0 Å². The molecule has 35 heavy (non-hydrogen) atoms. The summed E-state index contributed by atoms with van der Waals surface area (Å²) in [6.07, 6.45) is 1.68. The Morgan fingerprint density at radius 1 is 1.03 bits per heavy atom. The highest BCUT2D eigenvalue weighted by atomic mass is 32.2. The number of sulfonamides is 1. The first kappa shape index (κ1) is 25.0. The highest BCUT2D eigenvalue weighted by Crippen LogP contribution is 2.25. The van der Waals surface area contributed by atoms with Crippen molar-refractivity contribution >= 4 is 32.7 Å². The number of fused-ring (bicyclic) bond motifs is 1. The van der Waals surface area contributed by atoms with E-state index in [0.29, 0.717) is 30.7 Å². The van der Waals surface area contributed by atoms with Gasteiger partial charge in [0.2, 0.25) is 15.9 Å². The van der Waals surface area contributed by atoms with E-state index in [-0.39, 0.29) is 29.1 Å². The Balaban J connectivity index is 1.62. The number of amides is 1. The number of anilines is 1. The molecular weight excluding hydrogens is 466 g/mol. The lowest BCUT2D eigenvalue weighted by Gasteiger charge is -2.16. The zero-order chi connectivity index (χ0) is 25.3. The van der Waals surface area contributed by atoms with E-state index in [1.807, 2.05) is 57.1 Å². The van der Waals surface area contributed by atoms with E-state index in [1.165, 1.54) is 14.9 Å². The molecule has 0 unspecified atom stereocenters. The van der Waals surface area contributed by atoms with Crippen LogP contribution in [-0.4, -0.2) is 54.9 Å². The van der Waals surface area contributed by atoms with Crippen LogP contribution < -0.4 is 15.9 Å². The average Bonchev–Trinajstić information content (AvgIpc) is 3.45. The summed E-state index contributed by atoms with van der Waals surface area (Å²) in [5, 5.41) is 2.87. The van der Waals surface area contributed by atoms with Crippen LogP contribution in [0.4, 0.5) is 5.69 Å². The van der Waals surface area contributed by atoms with Crippen molar-refractivity contribution in [2.24, 2.45) is 0 Å². The molecule has 0 aliphatic carbocycles. The maximum absolute atomic E-state index is 13.2. The number of nitrogens with one attached hydrogen (secondary N) is 1. The minimum Gasteiger partial charge on any atom is -0.378 e. The Morgan fingerprint density at radius 2 is 1.69 bits per heavy atom. The fourth-order valence-electron chi connectivity index (χ4n) is 4.46. The molecular formula is C25H33N5O4S. The number of carbonyl (C=O) groups is 1. The van der Waals surface area contributed by atoms with Crippen LogP contribution >= 0.6 is 0 Å². The van der Waals surface area contributed by atoms with E-state index in [9.17, 15) is 18.0 Å². The number of aromatic nitrogens is 2. The second-order valence-electron chi connectivity index (χ2n) is 9.43. The summed E-state index contributed by atoms with van der Waals surface area (Å²) in [4.78, 5) is 28.2. The summed E-state index contributed by atoms with van der Waals surface area (Å²) < 4.78 is 30.7. The molecule has 2 heterocycles. The Labute approximate surface area is 206 Å². The average molecular weight is 500 g/mol. The van der Waals surface area contributed by atoms with Crippen molar-refractivity contribution in [3.05, 3.63) is 58.5 Å². The molecule has 188 valence electrons. The Kier molecular flexibility index (Phi) is 7.05. The number of hydrogen-bond acceptors (Lipinski definition) is 5. The highest BCUT2D eigenvalue weighted by Gasteiger charge is 2.28. The Bertz CT molecular complexity index is 1380. The molecule has 0 bridgehead atoms. The van der Waals surface area contributed by atoms with Crippen LogP contribution in [0.2, 0.25) is 0 Å². The summed E-state index contributed by atoms with van der Waals surface area (Å²) in [5.74, 6) is -0.320. The lowest BCUT2D eigenvalue weighted by Crippen LogP contribution is -2.33. The van der Waals surface area contributed by atoms with Crippen molar-refractivity contribution in [3.63, 3.8) is 0 Å². The molecule has 1 aromatic heterocycles. The Hall–Kier alpha value is -3.11. The second kappa shape index (κ2) is 9.87. The van der Waals surface area contributed by atoms with Crippen molar-refractivity contribution in [3.8, 4) is 0 Å². The molecule has 3 aromatic rings. The molecule has 1 aliphatic rings. The van der Waals surface area contributed by atoms with Gasteiger partial charge in [-0.05, 0) is 62.6 Å². The molecule has 1 saturated heterocycles. The van der Waals surface area contributed by atoms with Gasteiger partial charge in [-0.2, -0.15) is 4.31 Å². The number of benzene rings is 2. The quantitative estimate of drug-likeness (QED) is 0.514. The first-order valence-electron chi connectivity index (χ1n) is 11.9. The van der Waals surface area contributed by atoms with Crippen LogP contribution in [0.1, 0.15) is 38.3 Å². The Morgan fingerprint density at radius 3 is 2.29 bits per heavy atom. The standard InChI is InChI=1S/C25H33N5O4S/c1-18(2)30-22-12-11-21(35(33,34)28-13-5-6-14-28)15-23(22)29(25(30)32)17-24(31)26-16-19-7-9-20(10-8-19)27(3)4/h7-12,15,18H,5-6,13-14,16-17H2,1-4H3,(H,26,31). The lowest BCUT2D eigenvalue weighted by atomic mass is 10.2. The van der Waals surface area contributed by atoms with Crippen LogP contribution in [0.5, 0.6) is 0 Å². The molecule has 4 rings (SSSR count). The van der Waals surface area contributed by atoms with Gasteiger partial charge in [-0.1, -0.05) is 12.1 Å². The van der Waals surface area contributed by atoms with Crippen LogP contribution in [0.25, 0.3) is 11.0 Å². The third kappa shape index (κ3) is 4.99. The molecule has 1 aliphatic heterocycles. The largest absolute Gasteiger partial charge is 0.378 e. The second-order valence-corrected chi connectivity index (χ2v) is 11.4. The molecule has 2 aromatic carbocycles. The molecule has 1 amide bonds. The zero-order valence-electron chi connectivity index (χ0n) is 20.7. The van der Waals surface area contributed by atoms with Gasteiger partial charge in [0.1, 0.15) is 6.54 Å². The first-order chi connectivity index (χ1) is 16.6. The van der Waals surface area contributed by atoms with Gasteiger partial charge in [-0.3, -0.25) is 13.9 Å². The SMILES string of the molecule is CC(C)n1c(=O)n(CC(=O)NCc2ccc(N(C)C)cc2)c2cc(S(=O)(=O)N3CCCC3)ccc21. The van der Waals surface area contributed by atoms with E-state index in [4.69, 9.17) is 0 Å². The fraction of sp³-hybridized carbons (Fsp3) is 0.440. The zero-order valence-corrected chi connectivity index (χ0v) is 21.5. The van der Waals surface area contributed by atoms with Gasteiger partial charge >= 0.3 is 5.69 Å². The van der Waals surface area contributed by atoms with Gasteiger partial charge in [0, 0.05) is 45.5 Å².